The van der Waals surface area contributed by atoms with Gasteiger partial charge in [0.1, 0.15) is 23.3 Å². The average Bonchev–Trinajstić information content (AvgIpc) is 3.27. The minimum absolute atomic E-state index is 0.0728. The molecule has 1 saturated heterocycles. The van der Waals surface area contributed by atoms with E-state index in [1.165, 1.54) is 0 Å². The van der Waals surface area contributed by atoms with Gasteiger partial charge in [-0.15, -0.1) is 0 Å². The summed E-state index contributed by atoms with van der Waals surface area (Å²) in [5.41, 5.74) is 1.32. The predicted molar refractivity (Wildman–Crippen MR) is 129 cm³/mol. The standard InChI is InChI=1S/C27H34N2O5/c1-17(21-16-19(32-2)13-14-25(21)34-4)28-26(30)23-15-18-9-5-7-11-22(18)29(23)27(31)20-10-6-8-12-24(20)33-3/h6,8,10,12-14,16-18,22-23H,5,7,9,11,15H2,1-4H3,(H,28,30). The Bertz CT molecular complexity index is 1040. The molecule has 0 aromatic heterocycles. The van der Waals surface area contributed by atoms with Crippen LogP contribution in [-0.4, -0.2) is 50.1 Å². The number of hydrogen-bond donors (Lipinski definition) is 1. The number of ether oxygens (including phenoxy) is 3. The van der Waals surface area contributed by atoms with Crippen LogP contribution in [0.15, 0.2) is 42.5 Å². The molecule has 1 saturated carbocycles. The van der Waals surface area contributed by atoms with Crippen molar-refractivity contribution in [1.29, 1.82) is 0 Å². The molecule has 2 aromatic carbocycles. The van der Waals surface area contributed by atoms with Gasteiger partial charge in [-0.2, -0.15) is 0 Å². The highest BCUT2D eigenvalue weighted by molar-refractivity contribution is 6.00. The van der Waals surface area contributed by atoms with Crippen molar-refractivity contribution in [3.8, 4) is 17.2 Å². The first-order chi connectivity index (χ1) is 16.5. The fraction of sp³-hybridized carbons (Fsp3) is 0.481. The Balaban J connectivity index is 1.61. The van der Waals surface area contributed by atoms with Crippen LogP contribution in [0.25, 0.3) is 0 Å². The van der Waals surface area contributed by atoms with Crippen LogP contribution in [0.5, 0.6) is 17.2 Å². The van der Waals surface area contributed by atoms with E-state index in [1.54, 1.807) is 33.5 Å². The SMILES string of the molecule is COc1ccc(OC)c(C(C)NC(=O)C2CC3CCCCC3N2C(=O)c2ccccc2OC)c1. The van der Waals surface area contributed by atoms with E-state index in [0.29, 0.717) is 35.2 Å². The van der Waals surface area contributed by atoms with Gasteiger partial charge in [-0.1, -0.05) is 25.0 Å². The number of carbonyl (C=O) groups is 2. The van der Waals surface area contributed by atoms with Crippen molar-refractivity contribution in [3.63, 3.8) is 0 Å². The maximum atomic E-state index is 13.8. The Morgan fingerprint density at radius 2 is 1.71 bits per heavy atom. The topological polar surface area (TPSA) is 77.1 Å². The number of nitrogens with zero attached hydrogens (tertiary/aromatic N) is 1. The normalized spacial score (nSPS) is 22.5. The molecule has 7 nitrogen and oxygen atoms in total. The highest BCUT2D eigenvalue weighted by atomic mass is 16.5. The van der Waals surface area contributed by atoms with Crippen LogP contribution in [0.4, 0.5) is 0 Å². The van der Waals surface area contributed by atoms with Crippen molar-refractivity contribution in [2.24, 2.45) is 5.92 Å². The van der Waals surface area contributed by atoms with E-state index in [4.69, 9.17) is 14.2 Å². The van der Waals surface area contributed by atoms with E-state index < -0.39 is 6.04 Å². The third kappa shape index (κ3) is 4.56. The van der Waals surface area contributed by atoms with Gasteiger partial charge in [0, 0.05) is 11.6 Å². The van der Waals surface area contributed by atoms with Crippen LogP contribution in [0.3, 0.4) is 0 Å². The lowest BCUT2D eigenvalue weighted by molar-refractivity contribution is -0.125. The molecule has 1 heterocycles. The summed E-state index contributed by atoms with van der Waals surface area (Å²) in [6.45, 7) is 1.92. The molecule has 2 fully saturated rings. The molecule has 0 spiro atoms. The molecular formula is C27H34N2O5. The van der Waals surface area contributed by atoms with E-state index in [-0.39, 0.29) is 23.9 Å². The van der Waals surface area contributed by atoms with E-state index in [1.807, 2.05) is 42.2 Å². The maximum absolute atomic E-state index is 13.8. The van der Waals surface area contributed by atoms with Gasteiger partial charge in [0.05, 0.1) is 32.9 Å². The van der Waals surface area contributed by atoms with E-state index in [0.717, 1.165) is 31.2 Å². The number of amides is 2. The molecule has 0 bridgehead atoms. The van der Waals surface area contributed by atoms with E-state index in [9.17, 15) is 9.59 Å². The first-order valence-corrected chi connectivity index (χ1v) is 12.0. The van der Waals surface area contributed by atoms with Gasteiger partial charge < -0.3 is 24.4 Å². The fourth-order valence-corrected chi connectivity index (χ4v) is 5.51. The summed E-state index contributed by atoms with van der Waals surface area (Å²) in [6, 6.07) is 12.0. The maximum Gasteiger partial charge on any atom is 0.258 e. The lowest BCUT2D eigenvalue weighted by Gasteiger charge is -2.34. The van der Waals surface area contributed by atoms with Gasteiger partial charge in [0.15, 0.2) is 0 Å². The number of fused-ring (bicyclic) bond motifs is 1. The van der Waals surface area contributed by atoms with Gasteiger partial charge in [0.2, 0.25) is 5.91 Å². The molecular weight excluding hydrogens is 432 g/mol. The number of para-hydroxylation sites is 1. The van der Waals surface area contributed by atoms with Crippen molar-refractivity contribution in [2.75, 3.05) is 21.3 Å². The van der Waals surface area contributed by atoms with Crippen molar-refractivity contribution in [1.82, 2.24) is 10.2 Å². The van der Waals surface area contributed by atoms with Crippen LogP contribution < -0.4 is 19.5 Å². The third-order valence-electron chi connectivity index (χ3n) is 7.22. The summed E-state index contributed by atoms with van der Waals surface area (Å²) in [7, 11) is 4.78. The summed E-state index contributed by atoms with van der Waals surface area (Å²) in [5, 5.41) is 3.14. The molecule has 1 aliphatic carbocycles. The number of benzene rings is 2. The van der Waals surface area contributed by atoms with Crippen LogP contribution >= 0.6 is 0 Å². The molecule has 2 aliphatic rings. The second-order valence-corrected chi connectivity index (χ2v) is 9.11. The molecule has 1 aliphatic heterocycles. The summed E-state index contributed by atoms with van der Waals surface area (Å²) in [4.78, 5) is 29.2. The minimum Gasteiger partial charge on any atom is -0.497 e. The van der Waals surface area contributed by atoms with Crippen molar-refractivity contribution < 1.29 is 23.8 Å². The highest BCUT2D eigenvalue weighted by Gasteiger charge is 2.48. The molecule has 182 valence electrons. The van der Waals surface area contributed by atoms with Gasteiger partial charge >= 0.3 is 0 Å². The zero-order valence-corrected chi connectivity index (χ0v) is 20.4. The Morgan fingerprint density at radius 3 is 2.44 bits per heavy atom. The predicted octanol–water partition coefficient (Wildman–Crippen LogP) is 4.36. The summed E-state index contributed by atoms with van der Waals surface area (Å²) in [6.07, 6.45) is 4.86. The van der Waals surface area contributed by atoms with Gasteiger partial charge in [-0.05, 0) is 62.4 Å². The lowest BCUT2D eigenvalue weighted by atomic mass is 9.84. The quantitative estimate of drug-likeness (QED) is 0.656. The van der Waals surface area contributed by atoms with Crippen LogP contribution in [0.1, 0.15) is 61.0 Å². The number of nitrogens with one attached hydrogen (secondary N) is 1. The second kappa shape index (κ2) is 10.4. The molecule has 4 rings (SSSR count). The summed E-state index contributed by atoms with van der Waals surface area (Å²) >= 11 is 0. The molecule has 7 heteroatoms. The Hall–Kier alpha value is -3.22. The second-order valence-electron chi connectivity index (χ2n) is 9.11. The van der Waals surface area contributed by atoms with E-state index >= 15 is 0 Å². The number of carbonyl (C=O) groups excluding carboxylic acids is 2. The summed E-state index contributed by atoms with van der Waals surface area (Å²) < 4.78 is 16.3. The summed E-state index contributed by atoms with van der Waals surface area (Å²) in [5.74, 6) is 1.95. The van der Waals surface area contributed by atoms with Crippen molar-refractivity contribution in [2.45, 2.75) is 57.2 Å². The number of hydrogen-bond acceptors (Lipinski definition) is 5. The van der Waals surface area contributed by atoms with Gasteiger partial charge in [-0.3, -0.25) is 9.59 Å². The Kier molecular flexibility index (Phi) is 7.29. The Labute approximate surface area is 201 Å². The molecule has 1 N–H and O–H groups in total. The van der Waals surface area contributed by atoms with Crippen LogP contribution in [-0.2, 0) is 4.79 Å². The molecule has 2 aromatic rings. The first-order valence-electron chi connectivity index (χ1n) is 12.0. The minimum atomic E-state index is -0.524. The van der Waals surface area contributed by atoms with Crippen molar-refractivity contribution >= 4 is 11.8 Å². The lowest BCUT2D eigenvalue weighted by Crippen LogP contribution is -2.50. The average molecular weight is 467 g/mol. The van der Waals surface area contributed by atoms with Crippen LogP contribution in [0.2, 0.25) is 0 Å². The first kappa shape index (κ1) is 23.9. The number of likely N-dealkylation sites (tertiary alicyclic amines) is 1. The zero-order chi connectivity index (χ0) is 24.2. The molecule has 4 atom stereocenters. The number of rotatable bonds is 7. The molecule has 2 amide bonds. The molecule has 4 unspecified atom stereocenters. The molecule has 0 radical (unpaired) electrons. The van der Waals surface area contributed by atoms with Gasteiger partial charge in [-0.25, -0.2) is 0 Å². The highest BCUT2D eigenvalue weighted by Crippen LogP contribution is 2.41. The number of methoxy groups -OCH3 is 3. The smallest absolute Gasteiger partial charge is 0.258 e. The third-order valence-corrected chi connectivity index (χ3v) is 7.22. The van der Waals surface area contributed by atoms with E-state index in [2.05, 4.69) is 5.32 Å². The van der Waals surface area contributed by atoms with Crippen molar-refractivity contribution in [3.05, 3.63) is 53.6 Å². The molecule has 34 heavy (non-hydrogen) atoms. The van der Waals surface area contributed by atoms with Crippen LogP contribution in [0, 0.1) is 5.92 Å². The monoisotopic (exact) mass is 466 g/mol. The fourth-order valence-electron chi connectivity index (χ4n) is 5.51. The zero-order valence-electron chi connectivity index (χ0n) is 20.4. The Morgan fingerprint density at radius 1 is 0.971 bits per heavy atom. The van der Waals surface area contributed by atoms with Gasteiger partial charge in [0.25, 0.3) is 5.91 Å². The largest absolute Gasteiger partial charge is 0.497 e.